The second-order valence-electron chi connectivity index (χ2n) is 11.2. The zero-order valence-corrected chi connectivity index (χ0v) is 27.4. The van der Waals surface area contributed by atoms with E-state index in [1.807, 2.05) is 13.0 Å². The van der Waals surface area contributed by atoms with Crippen LogP contribution in [-0.2, 0) is 48.2 Å². The minimum atomic E-state index is -1.15. The van der Waals surface area contributed by atoms with Crippen LogP contribution < -0.4 is 32.1 Å². The molecule has 0 aliphatic heterocycles. The number of hydrogen-bond acceptors (Lipinski definition) is 8. The highest BCUT2D eigenvalue weighted by Gasteiger charge is 2.28. The number of alkyl carbamates (subject to hydrolysis) is 1. The molecule has 3 aromatic carbocycles. The highest BCUT2D eigenvalue weighted by atomic mass is 16.5. The first-order chi connectivity index (χ1) is 23.5. The average Bonchev–Trinajstić information content (AvgIpc) is 3.09. The van der Waals surface area contributed by atoms with Crippen LogP contribution in [0.4, 0.5) is 4.79 Å². The fraction of sp³-hybridized carbons (Fsp3) is 0.314. The SMILES string of the molecule is CCC[C@@H](NC(=O)[C@H](Cc1ccc(O)cc1)NC(=O)OCc1ccccc1)C(=O)NCC(=O)N[C@@H](Cc1ccccc1)C(=O)NNC(C)=O. The van der Waals surface area contributed by atoms with Gasteiger partial charge < -0.3 is 31.1 Å². The molecule has 3 atom stereocenters. The maximum atomic E-state index is 13.5. The van der Waals surface area contributed by atoms with E-state index in [9.17, 15) is 33.9 Å². The first kappa shape index (κ1) is 37.5. The number of rotatable bonds is 16. The van der Waals surface area contributed by atoms with Gasteiger partial charge in [0.1, 0.15) is 30.5 Å². The van der Waals surface area contributed by atoms with Crippen LogP contribution in [0.5, 0.6) is 5.75 Å². The van der Waals surface area contributed by atoms with Gasteiger partial charge in [-0.2, -0.15) is 0 Å². The zero-order chi connectivity index (χ0) is 35.6. The molecule has 3 aromatic rings. The number of carbonyl (C=O) groups excluding carboxylic acids is 6. The van der Waals surface area contributed by atoms with E-state index in [1.54, 1.807) is 66.7 Å². The number of benzene rings is 3. The van der Waals surface area contributed by atoms with Crippen LogP contribution in [0.2, 0.25) is 0 Å². The Morgan fingerprint density at radius 3 is 1.82 bits per heavy atom. The minimum absolute atomic E-state index is 0.0236. The molecule has 0 aliphatic carbocycles. The normalized spacial score (nSPS) is 12.3. The van der Waals surface area contributed by atoms with Gasteiger partial charge >= 0.3 is 6.09 Å². The molecule has 0 aliphatic rings. The van der Waals surface area contributed by atoms with Gasteiger partial charge in [0.15, 0.2) is 0 Å². The second-order valence-corrected chi connectivity index (χ2v) is 11.2. The summed E-state index contributed by atoms with van der Waals surface area (Å²) in [6.45, 7) is 2.50. The summed E-state index contributed by atoms with van der Waals surface area (Å²) >= 11 is 0. The summed E-state index contributed by atoms with van der Waals surface area (Å²) in [6, 6.07) is 20.7. The smallest absolute Gasteiger partial charge is 0.408 e. The number of carbonyl (C=O) groups is 6. The van der Waals surface area contributed by atoms with E-state index in [4.69, 9.17) is 4.74 Å². The molecule has 3 rings (SSSR count). The quantitative estimate of drug-likeness (QED) is 0.111. The first-order valence-corrected chi connectivity index (χ1v) is 15.8. The number of hydrazine groups is 1. The topological polar surface area (TPSA) is 204 Å². The molecule has 7 N–H and O–H groups in total. The van der Waals surface area contributed by atoms with Gasteiger partial charge in [0.05, 0.1) is 6.54 Å². The molecule has 0 fully saturated rings. The van der Waals surface area contributed by atoms with E-state index >= 15 is 0 Å². The summed E-state index contributed by atoms with van der Waals surface area (Å²) < 4.78 is 5.30. The Labute approximate surface area is 284 Å². The Morgan fingerprint density at radius 2 is 1.22 bits per heavy atom. The molecule has 14 nitrogen and oxygen atoms in total. The van der Waals surface area contributed by atoms with Gasteiger partial charge in [-0.05, 0) is 35.2 Å². The number of phenolic OH excluding ortho intramolecular Hbond substituents is 1. The standard InChI is InChI=1S/C35H42N6O8/c1-3-10-28(32(45)36-21-31(44)37-30(34(47)41-40-23(2)42)19-24-11-6-4-7-12-24)38-33(46)29(20-25-15-17-27(43)18-16-25)39-35(48)49-22-26-13-8-5-9-14-26/h4-9,11-18,28-30,43H,3,10,19-22H2,1-2H3,(H,36,45)(H,37,44)(H,38,46)(H,39,48)(H,40,42)(H,41,47)/t28-,29+,30+/m1/s1. The Kier molecular flexibility index (Phi) is 15.1. The van der Waals surface area contributed by atoms with Crippen molar-refractivity contribution < 1.29 is 38.6 Å². The molecular formula is C35H42N6O8. The lowest BCUT2D eigenvalue weighted by Crippen LogP contribution is -2.56. The summed E-state index contributed by atoms with van der Waals surface area (Å²) in [5.74, 6) is -3.13. The van der Waals surface area contributed by atoms with Crippen LogP contribution in [0.3, 0.4) is 0 Å². The van der Waals surface area contributed by atoms with E-state index in [-0.39, 0.29) is 31.6 Å². The largest absolute Gasteiger partial charge is 0.508 e. The van der Waals surface area contributed by atoms with Crippen molar-refractivity contribution in [3.8, 4) is 5.75 Å². The van der Waals surface area contributed by atoms with Gasteiger partial charge in [0, 0.05) is 19.8 Å². The molecule has 0 heterocycles. The molecule has 0 spiro atoms. The van der Waals surface area contributed by atoms with Crippen molar-refractivity contribution in [2.24, 2.45) is 0 Å². The third kappa shape index (κ3) is 13.8. The first-order valence-electron chi connectivity index (χ1n) is 15.8. The van der Waals surface area contributed by atoms with Crippen LogP contribution >= 0.6 is 0 Å². The van der Waals surface area contributed by atoms with E-state index < -0.39 is 60.3 Å². The van der Waals surface area contributed by atoms with Crippen molar-refractivity contribution in [3.63, 3.8) is 0 Å². The zero-order valence-electron chi connectivity index (χ0n) is 27.4. The van der Waals surface area contributed by atoms with Gasteiger partial charge in [-0.25, -0.2) is 4.79 Å². The fourth-order valence-corrected chi connectivity index (χ4v) is 4.65. The minimum Gasteiger partial charge on any atom is -0.508 e. The molecule has 0 saturated carbocycles. The van der Waals surface area contributed by atoms with Crippen LogP contribution in [-0.4, -0.2) is 65.4 Å². The molecule has 49 heavy (non-hydrogen) atoms. The molecule has 0 unspecified atom stereocenters. The molecule has 0 radical (unpaired) electrons. The van der Waals surface area contributed by atoms with Gasteiger partial charge in [-0.15, -0.1) is 0 Å². The molecule has 260 valence electrons. The summed E-state index contributed by atoms with van der Waals surface area (Å²) in [5, 5.41) is 20.0. The van der Waals surface area contributed by atoms with Crippen molar-refractivity contribution in [3.05, 3.63) is 102 Å². The van der Waals surface area contributed by atoms with Crippen molar-refractivity contribution in [2.45, 2.75) is 64.3 Å². The van der Waals surface area contributed by atoms with Crippen LogP contribution in [0, 0.1) is 0 Å². The van der Waals surface area contributed by atoms with Crippen LogP contribution in [0.15, 0.2) is 84.9 Å². The van der Waals surface area contributed by atoms with E-state index in [1.165, 1.54) is 19.1 Å². The lowest BCUT2D eigenvalue weighted by Gasteiger charge is -2.23. The predicted octanol–water partition coefficient (Wildman–Crippen LogP) is 1.53. The number of ether oxygens (including phenoxy) is 1. The molecule has 0 bridgehead atoms. The number of phenols is 1. The number of hydrogen-bond donors (Lipinski definition) is 7. The highest BCUT2D eigenvalue weighted by Crippen LogP contribution is 2.12. The van der Waals surface area contributed by atoms with Gasteiger partial charge in [-0.3, -0.25) is 34.8 Å². The van der Waals surface area contributed by atoms with Crippen LogP contribution in [0.1, 0.15) is 43.4 Å². The van der Waals surface area contributed by atoms with Crippen molar-refractivity contribution in [1.29, 1.82) is 0 Å². The molecule has 0 saturated heterocycles. The third-order valence-corrected chi connectivity index (χ3v) is 7.13. The fourth-order valence-electron chi connectivity index (χ4n) is 4.65. The number of aromatic hydroxyl groups is 1. The van der Waals surface area contributed by atoms with Gasteiger partial charge in [-0.1, -0.05) is 86.1 Å². The van der Waals surface area contributed by atoms with Crippen molar-refractivity contribution in [2.75, 3.05) is 6.54 Å². The van der Waals surface area contributed by atoms with Crippen molar-refractivity contribution in [1.82, 2.24) is 32.1 Å². The monoisotopic (exact) mass is 674 g/mol. The number of amides is 6. The Balaban J connectivity index is 1.64. The lowest BCUT2D eigenvalue weighted by molar-refractivity contribution is -0.133. The van der Waals surface area contributed by atoms with E-state index in [0.29, 0.717) is 12.0 Å². The molecule has 0 aromatic heterocycles. The second kappa shape index (κ2) is 19.7. The molecular weight excluding hydrogens is 632 g/mol. The lowest BCUT2D eigenvalue weighted by atomic mass is 10.0. The molecule has 14 heteroatoms. The summed E-state index contributed by atoms with van der Waals surface area (Å²) in [5.41, 5.74) is 6.57. The highest BCUT2D eigenvalue weighted by molar-refractivity contribution is 5.94. The average molecular weight is 675 g/mol. The molecule has 6 amide bonds. The third-order valence-electron chi connectivity index (χ3n) is 7.13. The predicted molar refractivity (Wildman–Crippen MR) is 179 cm³/mol. The summed E-state index contributed by atoms with van der Waals surface area (Å²) in [7, 11) is 0. The van der Waals surface area contributed by atoms with Gasteiger partial charge in [0.25, 0.3) is 5.91 Å². The maximum absolute atomic E-state index is 13.5. The van der Waals surface area contributed by atoms with Crippen LogP contribution in [0.25, 0.3) is 0 Å². The number of nitrogens with one attached hydrogen (secondary N) is 6. The van der Waals surface area contributed by atoms with E-state index in [0.717, 1.165) is 11.1 Å². The summed E-state index contributed by atoms with van der Waals surface area (Å²) in [6.07, 6.45) is 0.0211. The maximum Gasteiger partial charge on any atom is 0.408 e. The van der Waals surface area contributed by atoms with Gasteiger partial charge in [0.2, 0.25) is 23.6 Å². The summed E-state index contributed by atoms with van der Waals surface area (Å²) in [4.78, 5) is 76.2. The van der Waals surface area contributed by atoms with E-state index in [2.05, 4.69) is 32.1 Å². The Bertz CT molecular complexity index is 1550. The Hall–Kier alpha value is -5.92. The Morgan fingerprint density at radius 1 is 0.653 bits per heavy atom. The van der Waals surface area contributed by atoms with Crippen molar-refractivity contribution >= 4 is 35.6 Å².